The Morgan fingerprint density at radius 3 is 1.12 bits per heavy atom. The first kappa shape index (κ1) is 20.4. The molecule has 0 amide bonds. The zero-order valence-electron chi connectivity index (χ0n) is 11.7. The third-order valence-electron chi connectivity index (χ3n) is 2.90. The van der Waals surface area contributed by atoms with E-state index >= 15 is 0 Å². The van der Waals surface area contributed by atoms with Crippen molar-refractivity contribution in [3.05, 3.63) is 0 Å². The molecule has 0 aliphatic rings. The van der Waals surface area contributed by atoms with Gasteiger partial charge in [0.05, 0.1) is 0 Å². The number of unbranched alkanes of at least 4 members (excludes halogenated alkanes) is 3. The topological polar surface area (TPSA) is 60.7 Å². The van der Waals surface area contributed by atoms with Crippen LogP contribution in [0.15, 0.2) is 0 Å². The van der Waals surface area contributed by atoms with E-state index in [-0.39, 0.29) is 0 Å². The fraction of sp³-hybridized carbons (Fsp3) is 1.00. The second-order valence-electron chi connectivity index (χ2n) is 4.56. The van der Waals surface area contributed by atoms with Crippen molar-refractivity contribution in [1.29, 1.82) is 0 Å². The van der Waals surface area contributed by atoms with Gasteiger partial charge in [0.2, 0.25) is 0 Å². The van der Waals surface area contributed by atoms with Crippen LogP contribution in [0.4, 0.5) is 0 Å². The first-order chi connectivity index (χ1) is 8.08. The molecule has 0 spiro atoms. The van der Waals surface area contributed by atoms with Gasteiger partial charge in [0.25, 0.3) is 0 Å². The Labute approximate surface area is 115 Å². The predicted molar refractivity (Wildman–Crippen MR) is 79.9 cm³/mol. The first-order valence-electron chi connectivity index (χ1n) is 6.95. The van der Waals surface area contributed by atoms with E-state index in [4.69, 9.17) is 14.7 Å². The van der Waals surface area contributed by atoms with Crippen LogP contribution in [-0.4, -0.2) is 34.4 Å². The Morgan fingerprint density at radius 2 is 0.941 bits per heavy atom. The zero-order chi connectivity index (χ0) is 13.5. The van der Waals surface area contributed by atoms with Crippen LogP contribution in [0.3, 0.4) is 0 Å². The average Bonchev–Trinajstić information content (AvgIpc) is 2.27. The third kappa shape index (κ3) is 22.7. The van der Waals surface area contributed by atoms with Crippen molar-refractivity contribution in [3.63, 3.8) is 0 Å². The minimum Gasteiger partial charge on any atom is -0.328 e. The molecular weight excluding hydrogens is 342 g/mol. The van der Waals surface area contributed by atoms with Gasteiger partial charge in [-0.3, -0.25) is 0 Å². The molecule has 0 atom stereocenters. The van der Waals surface area contributed by atoms with Crippen LogP contribution < -0.4 is 0 Å². The number of rotatable bonds is 9. The van der Waals surface area contributed by atoms with E-state index in [1.807, 2.05) is 0 Å². The van der Waals surface area contributed by atoms with Crippen molar-refractivity contribution >= 4 is 28.4 Å². The quantitative estimate of drug-likeness (QED) is 0.426. The van der Waals surface area contributed by atoms with Crippen molar-refractivity contribution in [3.8, 4) is 0 Å². The molecule has 0 saturated heterocycles. The maximum Gasteiger partial charge on any atom is 0.324 e. The summed E-state index contributed by atoms with van der Waals surface area (Å²) >= 11 is -0.967. The molecule has 17 heavy (non-hydrogen) atoms. The molecule has 3 N–H and O–H groups in total. The predicted octanol–water partition coefficient (Wildman–Crippen LogP) is 3.80. The van der Waals surface area contributed by atoms with Crippen LogP contribution in [-0.2, 0) is 0 Å². The molecule has 0 unspecified atom stereocenters. The summed E-state index contributed by atoms with van der Waals surface area (Å²) in [5.41, 5.74) is 0. The van der Waals surface area contributed by atoms with Gasteiger partial charge < -0.3 is 14.7 Å². The van der Waals surface area contributed by atoms with Gasteiger partial charge in [-0.05, 0) is 0 Å². The van der Waals surface area contributed by atoms with Gasteiger partial charge in [0, 0.05) is 0 Å². The molecule has 3 nitrogen and oxygen atoms in total. The fourth-order valence-corrected chi connectivity index (χ4v) is 12.8. The van der Waals surface area contributed by atoms with Gasteiger partial charge in [0.1, 0.15) is 0 Å². The van der Waals surface area contributed by atoms with E-state index in [1.54, 1.807) is 13.3 Å². The van der Waals surface area contributed by atoms with Crippen LogP contribution in [0, 0.1) is 0 Å². The summed E-state index contributed by atoms with van der Waals surface area (Å²) in [5.74, 6) is 0. The molecule has 0 bridgehead atoms. The van der Waals surface area contributed by atoms with Crippen LogP contribution in [0.2, 0.25) is 13.3 Å². The van der Waals surface area contributed by atoms with Gasteiger partial charge in [-0.25, -0.2) is 0 Å². The third-order valence-corrected chi connectivity index (χ3v) is 13.4. The number of hydrogen-bond donors (Lipinski definition) is 3. The van der Waals surface area contributed by atoms with Crippen LogP contribution in [0.25, 0.3) is 0 Å². The minimum atomic E-state index is -2.62. The number of hydrogen-bond acceptors (Lipinski definition) is 3. The van der Waals surface area contributed by atoms with Gasteiger partial charge in [-0.2, -0.15) is 0 Å². The maximum absolute atomic E-state index is 7.23. The summed E-state index contributed by atoms with van der Waals surface area (Å²) in [4.78, 5) is 21.7. The Hall–Kier alpha value is 1.11. The molecule has 0 saturated carbocycles. The van der Waals surface area contributed by atoms with Crippen LogP contribution >= 0.6 is 8.60 Å². The molecule has 5 heteroatoms. The second kappa shape index (κ2) is 17.1. The van der Waals surface area contributed by atoms with Gasteiger partial charge in [-0.15, -0.1) is 0 Å². The summed E-state index contributed by atoms with van der Waals surface area (Å²) in [6.45, 7) is 7.01. The second-order valence-corrected chi connectivity index (χ2v) is 15.0. The molecule has 0 aromatic heterocycles. The largest absolute Gasteiger partial charge is 0.328 e. The normalized spacial score (nSPS) is 10.6. The molecule has 0 rings (SSSR count). The van der Waals surface area contributed by atoms with Crippen LogP contribution in [0.1, 0.15) is 59.3 Å². The molecular formula is C12H31O3PSn. The standard InChI is InChI=1S/3C4H9.H3O3P.Sn.H/c3*1-3-4-2;1-4(2)3;;/h3*1,3-4H2,2H3;1-3H;;. The Balaban J connectivity index is 0. The summed E-state index contributed by atoms with van der Waals surface area (Å²) in [5, 5.41) is 0. The Morgan fingerprint density at radius 1 is 0.706 bits per heavy atom. The van der Waals surface area contributed by atoms with E-state index < -0.39 is 28.4 Å². The average molecular weight is 373 g/mol. The first-order valence-corrected chi connectivity index (χ1v) is 15.1. The van der Waals surface area contributed by atoms with Crippen molar-refractivity contribution in [2.75, 3.05) is 0 Å². The minimum absolute atomic E-state index is 0.967. The van der Waals surface area contributed by atoms with Crippen LogP contribution in [0.5, 0.6) is 0 Å². The summed E-state index contributed by atoms with van der Waals surface area (Å²) in [6.07, 6.45) is 8.87. The van der Waals surface area contributed by atoms with Crippen molar-refractivity contribution < 1.29 is 14.7 Å². The maximum atomic E-state index is 7.23. The molecule has 0 heterocycles. The molecule has 0 radical (unpaired) electrons. The molecule has 0 aliphatic carbocycles. The molecule has 0 aromatic carbocycles. The molecule has 0 aromatic rings. The van der Waals surface area contributed by atoms with Crippen molar-refractivity contribution in [1.82, 2.24) is 0 Å². The molecule has 0 fully saturated rings. The van der Waals surface area contributed by atoms with Crippen molar-refractivity contribution in [2.45, 2.75) is 72.6 Å². The SMILES string of the molecule is CCC[CH2][SnH]([CH2]CCC)[CH2]CCC.OP(O)O. The van der Waals surface area contributed by atoms with E-state index in [9.17, 15) is 0 Å². The summed E-state index contributed by atoms with van der Waals surface area (Å²) in [7, 11) is -2.62. The van der Waals surface area contributed by atoms with E-state index in [2.05, 4.69) is 20.8 Å². The Bertz CT molecular complexity index is 115. The van der Waals surface area contributed by atoms with E-state index in [0.717, 1.165) is 0 Å². The van der Waals surface area contributed by atoms with Gasteiger partial charge in [0.15, 0.2) is 0 Å². The van der Waals surface area contributed by atoms with E-state index in [0.29, 0.717) is 0 Å². The van der Waals surface area contributed by atoms with Crippen molar-refractivity contribution in [2.24, 2.45) is 0 Å². The van der Waals surface area contributed by atoms with Gasteiger partial charge >= 0.3 is 101 Å². The zero-order valence-corrected chi connectivity index (χ0v) is 15.9. The monoisotopic (exact) mass is 374 g/mol. The van der Waals surface area contributed by atoms with Gasteiger partial charge in [-0.1, -0.05) is 0 Å². The molecule has 0 aliphatic heterocycles. The smallest absolute Gasteiger partial charge is 0.324 e. The summed E-state index contributed by atoms with van der Waals surface area (Å²) < 4.78 is 5.08. The van der Waals surface area contributed by atoms with E-state index in [1.165, 1.54) is 38.5 Å². The summed E-state index contributed by atoms with van der Waals surface area (Å²) in [6, 6.07) is 0. The Kier molecular flexibility index (Phi) is 20.6. The fourth-order valence-electron chi connectivity index (χ4n) is 1.91. The molecule has 106 valence electrons.